The number of benzene rings is 1. The van der Waals surface area contributed by atoms with Gasteiger partial charge < -0.3 is 9.47 Å². The molecule has 0 bridgehead atoms. The van der Waals surface area contributed by atoms with Gasteiger partial charge in [-0.1, -0.05) is 30.3 Å². The topological polar surface area (TPSA) is 55.8 Å². The van der Waals surface area contributed by atoms with E-state index in [-0.39, 0.29) is 19.0 Å². The highest BCUT2D eigenvalue weighted by molar-refractivity contribution is 5.91. The minimum Gasteiger partial charge on any atom is -0.466 e. The summed E-state index contributed by atoms with van der Waals surface area (Å²) < 4.78 is 9.34. The molecule has 0 amide bonds. The maximum atomic E-state index is 11.3. The number of halogens is 1. The Hall–Kier alpha value is -1.85. The van der Waals surface area contributed by atoms with E-state index in [1.807, 2.05) is 42.3 Å². The summed E-state index contributed by atoms with van der Waals surface area (Å²) in [6, 6.07) is 10.0. The van der Waals surface area contributed by atoms with Crippen molar-refractivity contribution in [2.24, 2.45) is 0 Å². The van der Waals surface area contributed by atoms with Crippen LogP contribution in [0.5, 0.6) is 0 Å². The fourth-order valence-corrected chi connectivity index (χ4v) is 1.53. The molecule has 1 aromatic carbocycles. The number of carbonyl (C=O) groups is 2. The van der Waals surface area contributed by atoms with Crippen LogP contribution in [0, 0.1) is 0 Å². The highest BCUT2D eigenvalue weighted by Crippen LogP contribution is 2.02. The van der Waals surface area contributed by atoms with E-state index in [1.165, 1.54) is 12.7 Å². The number of carbonyl (C=O) groups excluding carboxylic acids is 2. The van der Waals surface area contributed by atoms with Crippen LogP contribution in [0.2, 0.25) is 0 Å². The minimum atomic E-state index is -0.580. The van der Waals surface area contributed by atoms with Crippen LogP contribution < -0.4 is 0 Å². The molecule has 1 aromatic rings. The quantitative estimate of drug-likeness (QED) is 0.567. The number of ether oxygens (including phenoxy) is 2. The van der Waals surface area contributed by atoms with Crippen molar-refractivity contribution in [3.8, 4) is 0 Å². The van der Waals surface area contributed by atoms with Crippen LogP contribution in [-0.2, 0) is 25.6 Å². The first-order valence-electron chi connectivity index (χ1n) is 6.27. The van der Waals surface area contributed by atoms with Crippen molar-refractivity contribution in [1.29, 1.82) is 0 Å². The van der Waals surface area contributed by atoms with Gasteiger partial charge in [0.2, 0.25) is 0 Å². The lowest BCUT2D eigenvalue weighted by molar-refractivity contribution is -0.139. The third-order valence-corrected chi connectivity index (χ3v) is 2.57. The molecule has 0 radical (unpaired) electrons. The summed E-state index contributed by atoms with van der Waals surface area (Å²) in [7, 11) is 3.20. The Kier molecular flexibility index (Phi) is 9.92. The maximum Gasteiger partial charge on any atom is 0.331 e. The predicted molar refractivity (Wildman–Crippen MR) is 82.1 cm³/mol. The molecule has 0 atom stereocenters. The molecule has 0 aliphatic carbocycles. The monoisotopic (exact) mass is 313 g/mol. The fourth-order valence-electron chi connectivity index (χ4n) is 1.53. The lowest BCUT2D eigenvalue weighted by Crippen LogP contribution is -2.23. The minimum absolute atomic E-state index is 0. The molecule has 6 heteroatoms. The molecule has 0 spiro atoms. The zero-order valence-corrected chi connectivity index (χ0v) is 13.0. The molecule has 0 N–H and O–H groups in total. The van der Waals surface area contributed by atoms with E-state index < -0.39 is 11.9 Å². The standard InChI is InChI=1S/C15H19NO4.ClH/c1-16(12-13-6-4-3-5-7-13)10-11-20-15(18)9-8-14(17)19-2;/h3-9H,10-12H2,1-2H3;1H/b9-8+;. The van der Waals surface area contributed by atoms with Gasteiger partial charge in [-0.15, -0.1) is 12.4 Å². The molecule has 1 rings (SSSR count). The lowest BCUT2D eigenvalue weighted by atomic mass is 10.2. The fraction of sp³-hybridized carbons (Fsp3) is 0.333. The molecule has 0 saturated carbocycles. The van der Waals surface area contributed by atoms with E-state index in [2.05, 4.69) is 4.74 Å². The summed E-state index contributed by atoms with van der Waals surface area (Å²) in [5, 5.41) is 0. The highest BCUT2D eigenvalue weighted by Gasteiger charge is 2.03. The summed E-state index contributed by atoms with van der Waals surface area (Å²) in [5.41, 5.74) is 1.20. The van der Waals surface area contributed by atoms with Gasteiger partial charge in [0.1, 0.15) is 6.61 Å². The summed E-state index contributed by atoms with van der Waals surface area (Å²) >= 11 is 0. The van der Waals surface area contributed by atoms with Gasteiger partial charge in [0.05, 0.1) is 7.11 Å². The highest BCUT2D eigenvalue weighted by atomic mass is 35.5. The predicted octanol–water partition coefficient (Wildman–Crippen LogP) is 1.81. The Labute approximate surface area is 130 Å². The maximum absolute atomic E-state index is 11.3. The van der Waals surface area contributed by atoms with E-state index in [0.717, 1.165) is 18.7 Å². The van der Waals surface area contributed by atoms with E-state index in [0.29, 0.717) is 6.54 Å². The first kappa shape index (κ1) is 19.1. The van der Waals surface area contributed by atoms with Gasteiger partial charge in [0.25, 0.3) is 0 Å². The molecule has 0 saturated heterocycles. The summed E-state index contributed by atoms with van der Waals surface area (Å²) in [5.74, 6) is -1.13. The lowest BCUT2D eigenvalue weighted by Gasteiger charge is -2.16. The van der Waals surface area contributed by atoms with Crippen molar-refractivity contribution in [3.05, 3.63) is 48.0 Å². The zero-order valence-electron chi connectivity index (χ0n) is 12.2. The average molecular weight is 314 g/mol. The largest absolute Gasteiger partial charge is 0.466 e. The smallest absolute Gasteiger partial charge is 0.331 e. The second-order valence-corrected chi connectivity index (χ2v) is 4.25. The van der Waals surface area contributed by atoms with Gasteiger partial charge in [-0.2, -0.15) is 0 Å². The molecular formula is C15H20ClNO4. The SMILES string of the molecule is COC(=O)/C=C/C(=O)OCCN(C)Cc1ccccc1.Cl. The molecule has 0 heterocycles. The number of hydrogen-bond donors (Lipinski definition) is 0. The van der Waals surface area contributed by atoms with Crippen LogP contribution in [0.1, 0.15) is 5.56 Å². The zero-order chi connectivity index (χ0) is 14.8. The third-order valence-electron chi connectivity index (χ3n) is 2.57. The van der Waals surface area contributed by atoms with Gasteiger partial charge in [-0.3, -0.25) is 4.90 Å². The Morgan fingerprint density at radius 2 is 1.76 bits per heavy atom. The molecular weight excluding hydrogens is 294 g/mol. The van der Waals surface area contributed by atoms with Crippen molar-refractivity contribution >= 4 is 24.3 Å². The van der Waals surface area contributed by atoms with Crippen LogP contribution in [-0.4, -0.2) is 44.1 Å². The number of methoxy groups -OCH3 is 1. The third kappa shape index (κ3) is 8.83. The summed E-state index contributed by atoms with van der Waals surface area (Å²) in [6.45, 7) is 1.68. The van der Waals surface area contributed by atoms with Crippen LogP contribution in [0.3, 0.4) is 0 Å². The Balaban J connectivity index is 0.00000400. The Morgan fingerprint density at radius 3 is 2.38 bits per heavy atom. The Bertz CT molecular complexity index is 462. The van der Waals surface area contributed by atoms with Crippen molar-refractivity contribution in [1.82, 2.24) is 4.90 Å². The van der Waals surface area contributed by atoms with Gasteiger partial charge in [0.15, 0.2) is 0 Å². The van der Waals surface area contributed by atoms with Gasteiger partial charge in [-0.25, -0.2) is 9.59 Å². The number of nitrogens with zero attached hydrogens (tertiary/aromatic N) is 1. The van der Waals surface area contributed by atoms with Crippen LogP contribution in [0.4, 0.5) is 0 Å². The molecule has 0 aliphatic heterocycles. The van der Waals surface area contributed by atoms with E-state index in [9.17, 15) is 9.59 Å². The second kappa shape index (κ2) is 10.9. The molecule has 116 valence electrons. The number of likely N-dealkylation sites (N-methyl/N-ethyl adjacent to an activating group) is 1. The van der Waals surface area contributed by atoms with Crippen LogP contribution >= 0.6 is 12.4 Å². The second-order valence-electron chi connectivity index (χ2n) is 4.25. The van der Waals surface area contributed by atoms with Gasteiger partial charge >= 0.3 is 11.9 Å². The number of hydrogen-bond acceptors (Lipinski definition) is 5. The molecule has 0 fully saturated rings. The molecule has 0 unspecified atom stereocenters. The molecule has 5 nitrogen and oxygen atoms in total. The van der Waals surface area contributed by atoms with E-state index in [4.69, 9.17) is 4.74 Å². The summed E-state index contributed by atoms with van der Waals surface area (Å²) in [6.07, 6.45) is 2.10. The van der Waals surface area contributed by atoms with Gasteiger partial charge in [-0.05, 0) is 12.6 Å². The van der Waals surface area contributed by atoms with E-state index in [1.54, 1.807) is 0 Å². The normalized spacial score (nSPS) is 10.2. The first-order chi connectivity index (χ1) is 9.61. The van der Waals surface area contributed by atoms with Crippen molar-refractivity contribution in [2.75, 3.05) is 27.3 Å². The number of rotatable bonds is 7. The van der Waals surface area contributed by atoms with Crippen molar-refractivity contribution in [2.45, 2.75) is 6.54 Å². The van der Waals surface area contributed by atoms with E-state index >= 15 is 0 Å². The molecule has 21 heavy (non-hydrogen) atoms. The van der Waals surface area contributed by atoms with Crippen LogP contribution in [0.25, 0.3) is 0 Å². The van der Waals surface area contributed by atoms with Gasteiger partial charge in [0, 0.05) is 25.2 Å². The number of esters is 2. The average Bonchev–Trinajstić information content (AvgIpc) is 2.45. The summed E-state index contributed by atoms with van der Waals surface area (Å²) in [4.78, 5) is 24.1. The van der Waals surface area contributed by atoms with Crippen LogP contribution in [0.15, 0.2) is 42.5 Å². The Morgan fingerprint density at radius 1 is 1.14 bits per heavy atom. The molecule has 0 aliphatic rings. The van der Waals surface area contributed by atoms with Crippen molar-refractivity contribution in [3.63, 3.8) is 0 Å². The molecule has 0 aromatic heterocycles. The first-order valence-corrected chi connectivity index (χ1v) is 6.27. The van der Waals surface area contributed by atoms with Crippen molar-refractivity contribution < 1.29 is 19.1 Å².